The summed E-state index contributed by atoms with van der Waals surface area (Å²) in [6.45, 7) is 18.3. The maximum absolute atomic E-state index is 13.3. The van der Waals surface area contributed by atoms with Crippen LogP contribution in [0, 0.1) is 56.7 Å². The first-order chi connectivity index (χ1) is 23.0. The van der Waals surface area contributed by atoms with E-state index in [0.717, 1.165) is 44.9 Å². The van der Waals surface area contributed by atoms with Crippen LogP contribution in [0.25, 0.3) is 0 Å². The van der Waals surface area contributed by atoms with Gasteiger partial charge in [-0.25, -0.2) is 0 Å². The van der Waals surface area contributed by atoms with Crippen molar-refractivity contribution < 1.29 is 39.1 Å². The zero-order chi connectivity index (χ0) is 34.9. The van der Waals surface area contributed by atoms with Gasteiger partial charge in [-0.2, -0.15) is 0 Å². The molecule has 1 amide bonds. The van der Waals surface area contributed by atoms with Gasteiger partial charge in [-0.15, -0.1) is 0 Å². The van der Waals surface area contributed by atoms with Crippen molar-refractivity contribution >= 4 is 5.91 Å². The van der Waals surface area contributed by atoms with E-state index in [9.17, 15) is 20.1 Å². The maximum Gasteiger partial charge on any atom is 0.226 e. The molecule has 8 aliphatic rings. The summed E-state index contributed by atoms with van der Waals surface area (Å²) in [4.78, 5) is 15.3. The van der Waals surface area contributed by atoms with Crippen LogP contribution in [0.2, 0.25) is 0 Å². The third kappa shape index (κ3) is 4.83. The van der Waals surface area contributed by atoms with Crippen LogP contribution < -0.4 is 0 Å². The fraction of sp³-hybridized carbons (Fsp3) is 0.975. The molecular weight excluding hydrogens is 622 g/mol. The van der Waals surface area contributed by atoms with Gasteiger partial charge in [0.1, 0.15) is 6.10 Å². The molecule has 278 valence electrons. The number of fused-ring (bicyclic) bond motifs is 4. The Labute approximate surface area is 294 Å². The van der Waals surface area contributed by atoms with E-state index < -0.39 is 23.9 Å². The van der Waals surface area contributed by atoms with E-state index in [1.807, 2.05) is 4.90 Å². The number of hydrogen-bond acceptors (Lipinski definition) is 8. The number of hydrogen-bond donors (Lipinski definition) is 3. The molecule has 8 rings (SSSR count). The topological polar surface area (TPSA) is 118 Å². The molecule has 0 aromatic rings. The minimum absolute atomic E-state index is 0.0227. The van der Waals surface area contributed by atoms with Crippen LogP contribution in [-0.2, 0) is 23.7 Å². The van der Waals surface area contributed by atoms with Crippen molar-refractivity contribution in [3.05, 3.63) is 0 Å². The number of rotatable bonds is 5. The van der Waals surface area contributed by atoms with E-state index in [2.05, 4.69) is 34.6 Å². The smallest absolute Gasteiger partial charge is 0.226 e. The summed E-state index contributed by atoms with van der Waals surface area (Å²) in [5.41, 5.74) is -1.08. The van der Waals surface area contributed by atoms with Gasteiger partial charge in [-0.1, -0.05) is 34.6 Å². The summed E-state index contributed by atoms with van der Waals surface area (Å²) in [5, 5.41) is 34.2. The molecule has 9 nitrogen and oxygen atoms in total. The van der Waals surface area contributed by atoms with Crippen molar-refractivity contribution in [2.75, 3.05) is 32.9 Å². The van der Waals surface area contributed by atoms with Gasteiger partial charge in [-0.05, 0) is 123 Å². The summed E-state index contributed by atoms with van der Waals surface area (Å²) in [6.07, 6.45) is 7.61. The highest BCUT2D eigenvalue weighted by atomic mass is 16.7. The molecule has 49 heavy (non-hydrogen) atoms. The molecule has 3 saturated heterocycles. The van der Waals surface area contributed by atoms with Gasteiger partial charge >= 0.3 is 0 Å². The molecule has 3 heterocycles. The van der Waals surface area contributed by atoms with Crippen molar-refractivity contribution in [1.29, 1.82) is 0 Å². The summed E-state index contributed by atoms with van der Waals surface area (Å²) in [6, 6.07) is 0. The van der Waals surface area contributed by atoms with Crippen LogP contribution in [0.3, 0.4) is 0 Å². The van der Waals surface area contributed by atoms with Crippen LogP contribution in [0.5, 0.6) is 0 Å². The Balaban J connectivity index is 0.993. The van der Waals surface area contributed by atoms with Gasteiger partial charge < -0.3 is 39.2 Å². The fourth-order valence-electron chi connectivity index (χ4n) is 14.5. The molecule has 7 unspecified atom stereocenters. The molecule has 0 radical (unpaired) electrons. The van der Waals surface area contributed by atoms with E-state index in [1.165, 1.54) is 12.8 Å². The van der Waals surface area contributed by atoms with Crippen molar-refractivity contribution in [2.45, 2.75) is 155 Å². The lowest BCUT2D eigenvalue weighted by atomic mass is 9.41. The highest BCUT2D eigenvalue weighted by molar-refractivity contribution is 5.79. The molecular formula is C40H65NO8. The second-order valence-electron chi connectivity index (χ2n) is 19.7. The molecule has 3 N–H and O–H groups in total. The molecule has 9 heteroatoms. The van der Waals surface area contributed by atoms with Crippen molar-refractivity contribution in [3.8, 4) is 0 Å². The standard InChI is InChI=1S/C40H65NO8/c1-23-20-25(32(42)36(4,5)45)48-31-30(23)37(6)14-15-40-22-39(40)13-10-28(35(2,3)26(39)8-9-27(40)38(37,7)33(31)43)49-29-21-41(16-19-47-29)34(44)24-11-17-46-18-12-24/h23-33,42-43,45H,8-22H2,1-7H3/t23-,25?,26?,27+,28+,29?,30?,31?,32+,33+,37-,38?,39-,40?/m1/s1. The highest BCUT2D eigenvalue weighted by Crippen LogP contribution is 2.89. The number of carbonyl (C=O) groups is 1. The number of aliphatic hydroxyl groups is 3. The third-order valence-corrected chi connectivity index (χ3v) is 17.1. The minimum Gasteiger partial charge on any atom is -0.390 e. The third-order valence-electron chi connectivity index (χ3n) is 17.1. The van der Waals surface area contributed by atoms with E-state index in [-0.39, 0.29) is 69.2 Å². The Morgan fingerprint density at radius 3 is 2.37 bits per heavy atom. The molecule has 2 spiro atoms. The predicted octanol–water partition coefficient (Wildman–Crippen LogP) is 4.93. The summed E-state index contributed by atoms with van der Waals surface area (Å²) in [5.74, 6) is 1.79. The number of carbonyl (C=O) groups excluding carboxylic acids is 1. The summed E-state index contributed by atoms with van der Waals surface area (Å²) in [7, 11) is 0. The fourth-order valence-corrected chi connectivity index (χ4v) is 14.5. The second-order valence-corrected chi connectivity index (χ2v) is 19.7. The van der Waals surface area contributed by atoms with Crippen molar-refractivity contribution in [2.24, 2.45) is 56.7 Å². The number of aliphatic hydroxyl groups excluding tert-OH is 2. The number of amides is 1. The zero-order valence-corrected chi connectivity index (χ0v) is 31.3. The number of morpholine rings is 1. The Bertz CT molecular complexity index is 1300. The van der Waals surface area contributed by atoms with Gasteiger partial charge in [-0.3, -0.25) is 4.79 Å². The number of nitrogens with zero attached hydrogens (tertiary/aromatic N) is 1. The van der Waals surface area contributed by atoms with Gasteiger partial charge in [0.2, 0.25) is 5.91 Å². The van der Waals surface area contributed by atoms with Crippen LogP contribution >= 0.6 is 0 Å². The molecule has 3 aliphatic heterocycles. The monoisotopic (exact) mass is 687 g/mol. The zero-order valence-electron chi connectivity index (χ0n) is 31.3. The summed E-state index contributed by atoms with van der Waals surface area (Å²) >= 11 is 0. The molecule has 0 bridgehead atoms. The lowest BCUT2D eigenvalue weighted by Gasteiger charge is -2.64. The summed E-state index contributed by atoms with van der Waals surface area (Å²) < 4.78 is 25.2. The average Bonchev–Trinajstić information content (AvgIpc) is 3.70. The lowest BCUT2D eigenvalue weighted by molar-refractivity contribution is -0.248. The van der Waals surface area contributed by atoms with Crippen molar-refractivity contribution in [3.63, 3.8) is 0 Å². The Kier molecular flexibility index (Phi) is 8.34. The minimum atomic E-state index is -1.26. The predicted molar refractivity (Wildman–Crippen MR) is 183 cm³/mol. The van der Waals surface area contributed by atoms with Gasteiger partial charge in [0, 0.05) is 31.1 Å². The van der Waals surface area contributed by atoms with Gasteiger partial charge in [0.25, 0.3) is 0 Å². The Morgan fingerprint density at radius 1 is 0.959 bits per heavy atom. The second kappa shape index (κ2) is 11.6. The quantitative estimate of drug-likeness (QED) is 0.373. The molecule has 5 aliphatic carbocycles. The van der Waals surface area contributed by atoms with Gasteiger partial charge in [0.15, 0.2) is 6.29 Å². The Hall–Kier alpha value is -0.810. The van der Waals surface area contributed by atoms with Crippen molar-refractivity contribution in [1.82, 2.24) is 4.90 Å². The SMILES string of the molecule is C[C@@H]1CC([C@H](O)C(C)(C)O)OC2C1[C@@]1(C)CCC34C[C@@]35CC[C@H](OC3CN(C(=O)C6CCOCC6)CCO3)C(C)(C)C5CC[C@H]4C1(C)[C@H]2O. The average molecular weight is 688 g/mol. The highest BCUT2D eigenvalue weighted by Gasteiger charge is 2.84. The maximum atomic E-state index is 13.3. The molecule has 14 atom stereocenters. The van der Waals surface area contributed by atoms with Crippen LogP contribution in [0.15, 0.2) is 0 Å². The van der Waals surface area contributed by atoms with E-state index in [4.69, 9.17) is 18.9 Å². The van der Waals surface area contributed by atoms with E-state index in [1.54, 1.807) is 13.8 Å². The van der Waals surface area contributed by atoms with E-state index in [0.29, 0.717) is 51.2 Å². The number of ether oxygens (including phenoxy) is 4. The van der Waals surface area contributed by atoms with Crippen LogP contribution in [0.4, 0.5) is 0 Å². The van der Waals surface area contributed by atoms with Crippen LogP contribution in [0.1, 0.15) is 113 Å². The first-order valence-electron chi connectivity index (χ1n) is 19.9. The lowest BCUT2D eigenvalue weighted by Crippen LogP contribution is -2.60. The Morgan fingerprint density at radius 2 is 1.65 bits per heavy atom. The first-order valence-corrected chi connectivity index (χ1v) is 19.9. The van der Waals surface area contributed by atoms with Crippen LogP contribution in [-0.4, -0.2) is 101 Å². The first kappa shape index (κ1) is 35.2. The molecule has 5 saturated carbocycles. The largest absolute Gasteiger partial charge is 0.390 e. The molecule has 0 aromatic carbocycles. The molecule has 0 aromatic heterocycles. The normalized spacial score (nSPS) is 51.5. The van der Waals surface area contributed by atoms with E-state index >= 15 is 0 Å². The van der Waals surface area contributed by atoms with Gasteiger partial charge in [0.05, 0.1) is 43.2 Å². The molecule has 8 fully saturated rings.